The Hall–Kier alpha value is -0.0400. The van der Waals surface area contributed by atoms with Crippen LogP contribution in [-0.4, -0.2) is 24.0 Å². The Balaban J connectivity index is 1.94. The van der Waals surface area contributed by atoms with Gasteiger partial charge in [0.2, 0.25) is 0 Å². The first-order valence-corrected chi connectivity index (χ1v) is 5.00. The van der Waals surface area contributed by atoms with Crippen LogP contribution < -0.4 is 0 Å². The second-order valence-electron chi connectivity index (χ2n) is 4.43. The molecule has 0 bridgehead atoms. The Kier molecular flexibility index (Phi) is 1.71. The lowest BCUT2D eigenvalue weighted by atomic mass is 9.89. The predicted molar refractivity (Wildman–Crippen MR) is 47.6 cm³/mol. The number of nitrogens with zero attached hydrogens (tertiary/aromatic N) is 1. The van der Waals surface area contributed by atoms with Crippen LogP contribution in [-0.2, 0) is 0 Å². The van der Waals surface area contributed by atoms with Gasteiger partial charge in [-0.1, -0.05) is 6.92 Å². The molecule has 2 fully saturated rings. The van der Waals surface area contributed by atoms with Crippen molar-refractivity contribution in [3.63, 3.8) is 0 Å². The van der Waals surface area contributed by atoms with E-state index in [1.54, 1.807) is 0 Å². The van der Waals surface area contributed by atoms with Crippen LogP contribution in [0.3, 0.4) is 0 Å². The van der Waals surface area contributed by atoms with Crippen LogP contribution >= 0.6 is 0 Å². The van der Waals surface area contributed by atoms with Gasteiger partial charge in [-0.3, -0.25) is 0 Å². The molecule has 1 aliphatic heterocycles. The average molecular weight is 153 g/mol. The molecule has 11 heavy (non-hydrogen) atoms. The minimum atomic E-state index is 0.838. The minimum Gasteiger partial charge on any atom is -0.301 e. The lowest BCUT2D eigenvalue weighted by Crippen LogP contribution is -2.41. The summed E-state index contributed by atoms with van der Waals surface area (Å²) in [6.07, 6.45) is 6.00. The normalized spacial score (nSPS) is 36.0. The fourth-order valence-corrected chi connectivity index (χ4v) is 2.56. The molecule has 1 aliphatic carbocycles. The zero-order chi connectivity index (χ0) is 7.90. The van der Waals surface area contributed by atoms with E-state index in [1.807, 2.05) is 0 Å². The molecule has 0 aromatic carbocycles. The highest BCUT2D eigenvalue weighted by Gasteiger charge is 2.46. The second-order valence-corrected chi connectivity index (χ2v) is 4.43. The molecule has 2 aliphatic rings. The Morgan fingerprint density at radius 1 is 1.36 bits per heavy atom. The highest BCUT2D eigenvalue weighted by molar-refractivity contribution is 4.99. The third-order valence-corrected chi connectivity index (χ3v) is 3.64. The largest absolute Gasteiger partial charge is 0.301 e. The molecule has 1 atom stereocenters. The minimum absolute atomic E-state index is 0.838. The number of piperidine rings is 1. The van der Waals surface area contributed by atoms with Crippen molar-refractivity contribution in [2.45, 2.75) is 45.6 Å². The van der Waals surface area contributed by atoms with E-state index in [-0.39, 0.29) is 0 Å². The van der Waals surface area contributed by atoms with Gasteiger partial charge in [0.25, 0.3) is 0 Å². The zero-order valence-corrected chi connectivity index (χ0v) is 7.77. The number of likely N-dealkylation sites (tertiary alicyclic amines) is 1. The van der Waals surface area contributed by atoms with E-state index in [2.05, 4.69) is 18.7 Å². The van der Waals surface area contributed by atoms with Crippen LogP contribution in [0.4, 0.5) is 0 Å². The number of hydrogen-bond acceptors (Lipinski definition) is 1. The van der Waals surface area contributed by atoms with E-state index in [9.17, 15) is 0 Å². The molecule has 64 valence electrons. The van der Waals surface area contributed by atoms with Crippen LogP contribution in [0, 0.1) is 5.41 Å². The van der Waals surface area contributed by atoms with Crippen LogP contribution in [0.5, 0.6) is 0 Å². The highest BCUT2D eigenvalue weighted by atomic mass is 15.2. The monoisotopic (exact) mass is 153 g/mol. The van der Waals surface area contributed by atoms with Crippen LogP contribution in [0.15, 0.2) is 0 Å². The van der Waals surface area contributed by atoms with E-state index in [1.165, 1.54) is 38.8 Å². The Labute approximate surface area is 69.8 Å². The predicted octanol–water partition coefficient (Wildman–Crippen LogP) is 2.27. The maximum atomic E-state index is 2.61. The molecule has 0 aromatic heterocycles. The van der Waals surface area contributed by atoms with E-state index in [0.29, 0.717) is 0 Å². The summed E-state index contributed by atoms with van der Waals surface area (Å²) in [4.78, 5) is 2.61. The zero-order valence-electron chi connectivity index (χ0n) is 7.77. The Morgan fingerprint density at radius 3 is 2.55 bits per heavy atom. The third-order valence-electron chi connectivity index (χ3n) is 3.64. The van der Waals surface area contributed by atoms with Crippen LogP contribution in [0.1, 0.15) is 39.5 Å². The summed E-state index contributed by atoms with van der Waals surface area (Å²) in [5.74, 6) is 0. The number of rotatable bonds is 1. The smallest absolute Gasteiger partial charge is 0.00721 e. The molecule has 1 spiro atoms. The van der Waals surface area contributed by atoms with Gasteiger partial charge in [0, 0.05) is 6.04 Å². The first-order chi connectivity index (χ1) is 5.26. The third kappa shape index (κ3) is 1.31. The molecule has 1 heterocycles. The molecule has 1 heteroatoms. The van der Waals surface area contributed by atoms with Crippen LogP contribution in [0.2, 0.25) is 0 Å². The highest BCUT2D eigenvalue weighted by Crippen LogP contribution is 2.54. The summed E-state index contributed by atoms with van der Waals surface area (Å²) in [5, 5.41) is 0. The van der Waals surface area contributed by atoms with E-state index < -0.39 is 0 Å². The molecule has 0 amide bonds. The second kappa shape index (κ2) is 2.48. The molecule has 1 saturated heterocycles. The summed E-state index contributed by atoms with van der Waals surface area (Å²) in [6.45, 7) is 7.28. The molecular weight excluding hydrogens is 134 g/mol. The van der Waals surface area contributed by atoms with Crippen molar-refractivity contribution in [3.05, 3.63) is 0 Å². The fourth-order valence-electron chi connectivity index (χ4n) is 2.56. The Morgan fingerprint density at radius 2 is 2.09 bits per heavy atom. The van der Waals surface area contributed by atoms with Crippen molar-refractivity contribution >= 4 is 0 Å². The molecular formula is C10H19N. The fraction of sp³-hybridized carbons (Fsp3) is 1.00. The van der Waals surface area contributed by atoms with Gasteiger partial charge in [0.15, 0.2) is 0 Å². The molecule has 0 radical (unpaired) electrons. The van der Waals surface area contributed by atoms with Gasteiger partial charge in [-0.2, -0.15) is 0 Å². The van der Waals surface area contributed by atoms with Crippen LogP contribution in [0.25, 0.3) is 0 Å². The summed E-state index contributed by atoms with van der Waals surface area (Å²) >= 11 is 0. The van der Waals surface area contributed by atoms with Gasteiger partial charge in [-0.15, -0.1) is 0 Å². The first kappa shape index (κ1) is 7.60. The van der Waals surface area contributed by atoms with E-state index in [4.69, 9.17) is 0 Å². The molecule has 0 aromatic rings. The van der Waals surface area contributed by atoms with Gasteiger partial charge in [-0.05, 0) is 51.1 Å². The summed E-state index contributed by atoms with van der Waals surface area (Å²) in [5.41, 5.74) is 0.838. The van der Waals surface area contributed by atoms with E-state index in [0.717, 1.165) is 11.5 Å². The van der Waals surface area contributed by atoms with Gasteiger partial charge in [-0.25, -0.2) is 0 Å². The summed E-state index contributed by atoms with van der Waals surface area (Å²) < 4.78 is 0. The van der Waals surface area contributed by atoms with Crippen molar-refractivity contribution in [1.29, 1.82) is 0 Å². The maximum Gasteiger partial charge on any atom is 0.00721 e. The molecule has 2 rings (SSSR count). The quantitative estimate of drug-likeness (QED) is 0.558. The maximum absolute atomic E-state index is 2.61. The van der Waals surface area contributed by atoms with E-state index >= 15 is 0 Å². The van der Waals surface area contributed by atoms with Crippen molar-refractivity contribution in [2.24, 2.45) is 5.41 Å². The van der Waals surface area contributed by atoms with Crippen molar-refractivity contribution < 1.29 is 0 Å². The van der Waals surface area contributed by atoms with Gasteiger partial charge >= 0.3 is 0 Å². The Bertz CT molecular complexity index is 149. The first-order valence-electron chi connectivity index (χ1n) is 5.00. The number of hydrogen-bond donors (Lipinski definition) is 0. The van der Waals surface area contributed by atoms with Gasteiger partial charge in [0.1, 0.15) is 0 Å². The SMILES string of the molecule is CCN1CCC2(CC2)CC1C. The summed E-state index contributed by atoms with van der Waals surface area (Å²) in [7, 11) is 0. The average Bonchev–Trinajstić information content (AvgIpc) is 2.70. The molecule has 1 saturated carbocycles. The lowest BCUT2D eigenvalue weighted by Gasteiger charge is -2.37. The van der Waals surface area contributed by atoms with Gasteiger partial charge in [0.05, 0.1) is 0 Å². The molecule has 1 nitrogen and oxygen atoms in total. The van der Waals surface area contributed by atoms with Crippen molar-refractivity contribution in [3.8, 4) is 0 Å². The molecule has 0 N–H and O–H groups in total. The lowest BCUT2D eigenvalue weighted by molar-refractivity contribution is 0.119. The topological polar surface area (TPSA) is 3.24 Å². The van der Waals surface area contributed by atoms with Crippen molar-refractivity contribution in [2.75, 3.05) is 13.1 Å². The van der Waals surface area contributed by atoms with Gasteiger partial charge < -0.3 is 4.90 Å². The standard InChI is InChI=1S/C10H19N/c1-3-11-7-6-10(4-5-10)8-9(11)2/h9H,3-8H2,1-2H3. The summed E-state index contributed by atoms with van der Waals surface area (Å²) in [6, 6.07) is 0.858. The van der Waals surface area contributed by atoms with Crippen molar-refractivity contribution in [1.82, 2.24) is 4.90 Å². The molecule has 1 unspecified atom stereocenters.